The van der Waals surface area contributed by atoms with Crippen LogP contribution in [-0.4, -0.2) is 63.3 Å². The highest BCUT2D eigenvalue weighted by atomic mass is 16.5. The third-order valence-electron chi connectivity index (χ3n) is 2.94. The van der Waals surface area contributed by atoms with E-state index in [1.54, 1.807) is 11.0 Å². The predicted octanol–water partition coefficient (Wildman–Crippen LogP) is -0.261. The van der Waals surface area contributed by atoms with Crippen LogP contribution in [0.25, 0.3) is 0 Å². The summed E-state index contributed by atoms with van der Waals surface area (Å²) >= 11 is 0. The summed E-state index contributed by atoms with van der Waals surface area (Å²) in [5, 5.41) is 3.28. The lowest BCUT2D eigenvalue weighted by Crippen LogP contribution is -2.44. The third-order valence-corrected chi connectivity index (χ3v) is 2.94. The molecule has 2 rings (SSSR count). The van der Waals surface area contributed by atoms with Crippen LogP contribution >= 0.6 is 0 Å². The Balaban J connectivity index is 2.35. The second-order valence-electron chi connectivity index (χ2n) is 4.53. The number of carbonyl (C=O) groups is 1. The molecule has 0 aromatic carbocycles. The van der Waals surface area contributed by atoms with Crippen LogP contribution in [0.2, 0.25) is 0 Å². The number of esters is 1. The van der Waals surface area contributed by atoms with Gasteiger partial charge in [0.25, 0.3) is 0 Å². The van der Waals surface area contributed by atoms with Gasteiger partial charge in [-0.05, 0) is 0 Å². The normalized spacial score (nSPS) is 15.2. The zero-order chi connectivity index (χ0) is 13.8. The summed E-state index contributed by atoms with van der Waals surface area (Å²) in [5.74, 6) is 0.832. The van der Waals surface area contributed by atoms with E-state index < -0.39 is 5.97 Å². The van der Waals surface area contributed by atoms with Gasteiger partial charge in [0.15, 0.2) is 5.69 Å². The van der Waals surface area contributed by atoms with Gasteiger partial charge in [0.05, 0.1) is 7.11 Å². The highest BCUT2D eigenvalue weighted by molar-refractivity contribution is 5.88. The molecule has 0 atom stereocenters. The fourth-order valence-electron chi connectivity index (χ4n) is 1.89. The van der Waals surface area contributed by atoms with Crippen LogP contribution in [0.15, 0.2) is 6.07 Å². The van der Waals surface area contributed by atoms with E-state index in [-0.39, 0.29) is 5.69 Å². The lowest BCUT2D eigenvalue weighted by molar-refractivity contribution is 0.0594. The Bertz CT molecular complexity index is 457. The first-order chi connectivity index (χ1) is 9.11. The molecular formula is C12H19N5O2. The Hall–Kier alpha value is -1.89. The monoisotopic (exact) mass is 265 g/mol. The van der Waals surface area contributed by atoms with Crippen LogP contribution in [-0.2, 0) is 4.74 Å². The number of methoxy groups -OCH3 is 1. The maximum absolute atomic E-state index is 11.7. The molecule has 0 amide bonds. The maximum Gasteiger partial charge on any atom is 0.356 e. The van der Waals surface area contributed by atoms with Crippen molar-refractivity contribution in [2.45, 2.75) is 0 Å². The van der Waals surface area contributed by atoms with Crippen LogP contribution in [0.1, 0.15) is 10.5 Å². The molecule has 1 aromatic rings. The maximum atomic E-state index is 11.7. The first kappa shape index (κ1) is 13.5. The Morgan fingerprint density at radius 2 is 2.05 bits per heavy atom. The van der Waals surface area contributed by atoms with E-state index in [0.717, 1.165) is 32.0 Å². The molecule has 7 heteroatoms. The number of rotatable bonds is 3. The van der Waals surface area contributed by atoms with Gasteiger partial charge in [0, 0.05) is 46.3 Å². The van der Waals surface area contributed by atoms with Crippen molar-refractivity contribution in [1.29, 1.82) is 0 Å². The van der Waals surface area contributed by atoms with Gasteiger partial charge >= 0.3 is 5.97 Å². The van der Waals surface area contributed by atoms with Gasteiger partial charge in [0.1, 0.15) is 5.82 Å². The zero-order valence-corrected chi connectivity index (χ0v) is 11.5. The van der Waals surface area contributed by atoms with E-state index in [1.165, 1.54) is 7.11 Å². The molecule has 0 bridgehead atoms. The van der Waals surface area contributed by atoms with Gasteiger partial charge in [-0.15, -0.1) is 0 Å². The van der Waals surface area contributed by atoms with Crippen molar-refractivity contribution >= 4 is 17.7 Å². The van der Waals surface area contributed by atoms with Gasteiger partial charge in [0.2, 0.25) is 5.95 Å². The van der Waals surface area contributed by atoms with Crippen molar-refractivity contribution in [3.8, 4) is 0 Å². The Morgan fingerprint density at radius 1 is 1.37 bits per heavy atom. The molecule has 0 aliphatic carbocycles. The van der Waals surface area contributed by atoms with Crippen molar-refractivity contribution < 1.29 is 9.53 Å². The average Bonchev–Trinajstić information content (AvgIpc) is 2.46. The molecule has 19 heavy (non-hydrogen) atoms. The average molecular weight is 265 g/mol. The molecule has 1 N–H and O–H groups in total. The number of nitrogens with zero attached hydrogens (tertiary/aromatic N) is 4. The highest BCUT2D eigenvalue weighted by Gasteiger charge is 2.18. The van der Waals surface area contributed by atoms with Crippen LogP contribution in [0.5, 0.6) is 0 Å². The summed E-state index contributed by atoms with van der Waals surface area (Å²) in [4.78, 5) is 24.2. The first-order valence-corrected chi connectivity index (χ1v) is 6.22. The van der Waals surface area contributed by atoms with Crippen molar-refractivity contribution in [2.75, 3.05) is 57.2 Å². The molecule has 7 nitrogen and oxygen atoms in total. The van der Waals surface area contributed by atoms with Gasteiger partial charge in [-0.2, -0.15) is 4.98 Å². The Kier molecular flexibility index (Phi) is 4.16. The molecule has 0 unspecified atom stereocenters. The first-order valence-electron chi connectivity index (χ1n) is 6.22. The van der Waals surface area contributed by atoms with E-state index >= 15 is 0 Å². The zero-order valence-electron chi connectivity index (χ0n) is 11.5. The SMILES string of the molecule is COC(=O)c1cc(N2CCNCC2)nc(N(C)C)n1. The van der Waals surface area contributed by atoms with Gasteiger partial charge < -0.3 is 19.9 Å². The summed E-state index contributed by atoms with van der Waals surface area (Å²) in [6, 6.07) is 1.68. The fraction of sp³-hybridized carbons (Fsp3) is 0.583. The number of carbonyl (C=O) groups excluding carboxylic acids is 1. The molecule has 0 spiro atoms. The lowest BCUT2D eigenvalue weighted by Gasteiger charge is -2.29. The highest BCUT2D eigenvalue weighted by Crippen LogP contribution is 2.17. The van der Waals surface area contributed by atoms with E-state index in [1.807, 2.05) is 14.1 Å². The largest absolute Gasteiger partial charge is 0.464 e. The number of ether oxygens (including phenoxy) is 1. The van der Waals surface area contributed by atoms with Crippen molar-refractivity contribution in [3.05, 3.63) is 11.8 Å². The molecule has 1 aliphatic rings. The number of hydrogen-bond acceptors (Lipinski definition) is 7. The van der Waals surface area contributed by atoms with Crippen molar-refractivity contribution in [3.63, 3.8) is 0 Å². The molecular weight excluding hydrogens is 246 g/mol. The minimum atomic E-state index is -0.443. The Morgan fingerprint density at radius 3 is 2.63 bits per heavy atom. The number of anilines is 2. The van der Waals surface area contributed by atoms with Crippen LogP contribution in [0.3, 0.4) is 0 Å². The van der Waals surface area contributed by atoms with Gasteiger partial charge in [-0.1, -0.05) is 0 Å². The number of piperazine rings is 1. The summed E-state index contributed by atoms with van der Waals surface area (Å²) in [6.45, 7) is 3.55. The van der Waals surface area contributed by atoms with Crippen molar-refractivity contribution in [2.24, 2.45) is 0 Å². The van der Waals surface area contributed by atoms with E-state index in [9.17, 15) is 4.79 Å². The third kappa shape index (κ3) is 3.11. The smallest absolute Gasteiger partial charge is 0.356 e. The quantitative estimate of drug-likeness (QED) is 0.755. The Labute approximate surface area is 112 Å². The van der Waals surface area contributed by atoms with E-state index in [0.29, 0.717) is 5.95 Å². The number of hydrogen-bond donors (Lipinski definition) is 1. The van der Waals surface area contributed by atoms with Crippen LogP contribution in [0.4, 0.5) is 11.8 Å². The molecule has 0 saturated carbocycles. The van der Waals surface area contributed by atoms with E-state index in [4.69, 9.17) is 4.74 Å². The van der Waals surface area contributed by atoms with Crippen LogP contribution in [0, 0.1) is 0 Å². The number of nitrogens with one attached hydrogen (secondary N) is 1. The van der Waals surface area contributed by atoms with E-state index in [2.05, 4.69) is 20.2 Å². The molecule has 1 saturated heterocycles. The summed E-state index contributed by atoms with van der Waals surface area (Å²) in [7, 11) is 5.04. The molecule has 1 aliphatic heterocycles. The second kappa shape index (κ2) is 5.83. The molecule has 0 radical (unpaired) electrons. The molecule has 1 aromatic heterocycles. The standard InChI is InChI=1S/C12H19N5O2/c1-16(2)12-14-9(11(18)19-3)8-10(15-12)17-6-4-13-5-7-17/h8,13H,4-7H2,1-3H3. The molecule has 2 heterocycles. The van der Waals surface area contributed by atoms with Crippen molar-refractivity contribution in [1.82, 2.24) is 15.3 Å². The second-order valence-corrected chi connectivity index (χ2v) is 4.53. The minimum Gasteiger partial charge on any atom is -0.464 e. The van der Waals surface area contributed by atoms with Gasteiger partial charge in [-0.25, -0.2) is 9.78 Å². The predicted molar refractivity (Wildman–Crippen MR) is 72.8 cm³/mol. The fourth-order valence-corrected chi connectivity index (χ4v) is 1.89. The molecule has 1 fully saturated rings. The van der Waals surface area contributed by atoms with Gasteiger partial charge in [-0.3, -0.25) is 0 Å². The van der Waals surface area contributed by atoms with Crippen LogP contribution < -0.4 is 15.1 Å². The minimum absolute atomic E-state index is 0.287. The molecule has 104 valence electrons. The topological polar surface area (TPSA) is 70.6 Å². The summed E-state index contributed by atoms with van der Waals surface area (Å²) in [5.41, 5.74) is 0.287. The lowest BCUT2D eigenvalue weighted by atomic mass is 10.3. The number of aromatic nitrogens is 2. The summed E-state index contributed by atoms with van der Waals surface area (Å²) < 4.78 is 4.73. The summed E-state index contributed by atoms with van der Waals surface area (Å²) in [6.07, 6.45) is 0.